The van der Waals surface area contributed by atoms with Crippen LogP contribution in [0.15, 0.2) is 0 Å². The van der Waals surface area contributed by atoms with Crippen molar-refractivity contribution in [2.24, 2.45) is 11.3 Å². The van der Waals surface area contributed by atoms with Crippen molar-refractivity contribution in [3.05, 3.63) is 0 Å². The molecule has 1 saturated heterocycles. The molecule has 0 aromatic rings. The normalized spacial score (nSPS) is 37.8. The largest absolute Gasteiger partial charge is 0.481 e. The number of aliphatic carboxylic acids is 1. The number of carbonyl (C=O) groups is 2. The molecular weight excluding hydrogens is 158 g/mol. The van der Waals surface area contributed by atoms with Gasteiger partial charge in [-0.2, -0.15) is 0 Å². The van der Waals surface area contributed by atoms with E-state index in [1.54, 1.807) is 4.90 Å². The Bertz CT molecular complexity index is 263. The smallest absolute Gasteiger partial charge is 0.311 e. The second-order valence-corrected chi connectivity index (χ2v) is 3.76. The van der Waals surface area contributed by atoms with Gasteiger partial charge in [0.2, 0.25) is 5.91 Å². The number of hydrogen-bond acceptors (Lipinski definition) is 2. The molecule has 2 fully saturated rings. The maximum atomic E-state index is 10.9. The highest BCUT2D eigenvalue weighted by Crippen LogP contribution is 2.57. The number of rotatable bonds is 1. The van der Waals surface area contributed by atoms with Gasteiger partial charge in [-0.25, -0.2) is 0 Å². The van der Waals surface area contributed by atoms with Gasteiger partial charge in [0.25, 0.3) is 0 Å². The number of likely N-dealkylation sites (tertiary alicyclic amines) is 1. The molecule has 1 amide bonds. The summed E-state index contributed by atoms with van der Waals surface area (Å²) in [4.78, 5) is 23.3. The van der Waals surface area contributed by atoms with Gasteiger partial charge in [0.05, 0.1) is 5.41 Å². The second kappa shape index (κ2) is 2.00. The predicted molar refractivity (Wildman–Crippen MR) is 40.4 cm³/mol. The molecule has 1 aliphatic heterocycles. The summed E-state index contributed by atoms with van der Waals surface area (Å²) >= 11 is 0. The zero-order valence-corrected chi connectivity index (χ0v) is 6.91. The highest BCUT2D eigenvalue weighted by molar-refractivity contribution is 5.82. The zero-order chi connectivity index (χ0) is 8.93. The second-order valence-electron chi connectivity index (χ2n) is 3.76. The van der Waals surface area contributed by atoms with Gasteiger partial charge in [-0.15, -0.1) is 0 Å². The molecule has 2 rings (SSSR count). The van der Waals surface area contributed by atoms with Crippen LogP contribution in [0.2, 0.25) is 0 Å². The number of carboxylic acids is 1. The van der Waals surface area contributed by atoms with Gasteiger partial charge in [-0.05, 0) is 12.3 Å². The number of carbonyl (C=O) groups excluding carboxylic acids is 1. The molecule has 1 heterocycles. The minimum atomic E-state index is -0.740. The molecule has 0 aromatic carbocycles. The van der Waals surface area contributed by atoms with E-state index in [1.807, 2.05) is 0 Å². The summed E-state index contributed by atoms with van der Waals surface area (Å²) in [5, 5.41) is 8.88. The Morgan fingerprint density at radius 3 is 2.58 bits per heavy atom. The van der Waals surface area contributed by atoms with Crippen molar-refractivity contribution in [1.82, 2.24) is 4.90 Å². The van der Waals surface area contributed by atoms with Crippen LogP contribution in [0.1, 0.15) is 13.3 Å². The molecular formula is C8H11NO3. The van der Waals surface area contributed by atoms with Crippen molar-refractivity contribution in [3.63, 3.8) is 0 Å². The fraction of sp³-hybridized carbons (Fsp3) is 0.750. The molecule has 0 spiro atoms. The van der Waals surface area contributed by atoms with E-state index in [9.17, 15) is 9.59 Å². The topological polar surface area (TPSA) is 57.6 Å². The number of carboxylic acid groups (broad SMARTS) is 1. The Kier molecular flexibility index (Phi) is 1.26. The summed E-state index contributed by atoms with van der Waals surface area (Å²) in [6.45, 7) is 2.55. The standard InChI is InChI=1S/C8H11NO3/c1-5(10)9-3-6-2-8(6,4-9)7(11)12/h6H,2-4H2,1H3,(H,11,12)/t6-,8-/m1/s1. The average molecular weight is 169 g/mol. The van der Waals surface area contributed by atoms with E-state index in [4.69, 9.17) is 5.11 Å². The molecule has 4 nitrogen and oxygen atoms in total. The SMILES string of the molecule is CC(=O)N1C[C@H]2C[C@@]2(C(=O)O)C1. The average Bonchev–Trinajstić information content (AvgIpc) is 2.55. The van der Waals surface area contributed by atoms with Crippen LogP contribution >= 0.6 is 0 Å². The third-order valence-corrected chi connectivity index (χ3v) is 3.02. The number of hydrogen-bond donors (Lipinski definition) is 1. The first-order valence-electron chi connectivity index (χ1n) is 4.05. The van der Waals surface area contributed by atoms with Gasteiger partial charge in [-0.1, -0.05) is 0 Å². The minimum absolute atomic E-state index is 0.0113. The van der Waals surface area contributed by atoms with Crippen molar-refractivity contribution >= 4 is 11.9 Å². The fourth-order valence-electron chi connectivity index (χ4n) is 2.05. The Morgan fingerprint density at radius 2 is 2.25 bits per heavy atom. The molecule has 2 atom stereocenters. The molecule has 0 aromatic heterocycles. The van der Waals surface area contributed by atoms with Crippen molar-refractivity contribution in [2.75, 3.05) is 13.1 Å². The van der Waals surface area contributed by atoms with Crippen LogP contribution in [0, 0.1) is 11.3 Å². The van der Waals surface area contributed by atoms with E-state index in [0.717, 1.165) is 6.42 Å². The molecule has 0 bridgehead atoms. The molecule has 2 aliphatic rings. The molecule has 0 radical (unpaired) electrons. The van der Waals surface area contributed by atoms with Crippen LogP contribution < -0.4 is 0 Å². The first-order valence-corrected chi connectivity index (χ1v) is 4.05. The highest BCUT2D eigenvalue weighted by atomic mass is 16.4. The number of piperidine rings is 1. The number of fused-ring (bicyclic) bond motifs is 1. The lowest BCUT2D eigenvalue weighted by Gasteiger charge is -2.16. The van der Waals surface area contributed by atoms with E-state index < -0.39 is 11.4 Å². The Balaban J connectivity index is 2.10. The van der Waals surface area contributed by atoms with Gasteiger partial charge < -0.3 is 10.0 Å². The first kappa shape index (κ1) is 7.58. The van der Waals surface area contributed by atoms with E-state index in [-0.39, 0.29) is 11.8 Å². The summed E-state index contributed by atoms with van der Waals surface area (Å²) in [5.41, 5.74) is -0.564. The van der Waals surface area contributed by atoms with Crippen LogP contribution in [-0.2, 0) is 9.59 Å². The molecule has 0 unspecified atom stereocenters. The van der Waals surface area contributed by atoms with E-state index in [1.165, 1.54) is 6.92 Å². The predicted octanol–water partition coefficient (Wildman–Crippen LogP) is -0.0606. The third-order valence-electron chi connectivity index (χ3n) is 3.02. The van der Waals surface area contributed by atoms with Crippen LogP contribution in [0.25, 0.3) is 0 Å². The van der Waals surface area contributed by atoms with Crippen molar-refractivity contribution in [2.45, 2.75) is 13.3 Å². The van der Waals surface area contributed by atoms with Crippen LogP contribution in [-0.4, -0.2) is 35.0 Å². The summed E-state index contributed by atoms with van der Waals surface area (Å²) < 4.78 is 0. The van der Waals surface area contributed by atoms with Gasteiger partial charge >= 0.3 is 5.97 Å². The van der Waals surface area contributed by atoms with Gasteiger partial charge in [0.15, 0.2) is 0 Å². The molecule has 12 heavy (non-hydrogen) atoms. The van der Waals surface area contributed by atoms with Gasteiger partial charge in [0.1, 0.15) is 0 Å². The molecule has 1 N–H and O–H groups in total. The minimum Gasteiger partial charge on any atom is -0.481 e. The maximum absolute atomic E-state index is 10.9. The van der Waals surface area contributed by atoms with Crippen LogP contribution in [0.4, 0.5) is 0 Å². The summed E-state index contributed by atoms with van der Waals surface area (Å²) in [5.74, 6) is -0.530. The van der Waals surface area contributed by atoms with Gasteiger partial charge in [-0.3, -0.25) is 9.59 Å². The van der Waals surface area contributed by atoms with Crippen molar-refractivity contribution < 1.29 is 14.7 Å². The quantitative estimate of drug-likeness (QED) is 0.598. The van der Waals surface area contributed by atoms with E-state index in [2.05, 4.69) is 0 Å². The lowest BCUT2D eigenvalue weighted by molar-refractivity contribution is -0.143. The Hall–Kier alpha value is -1.06. The Morgan fingerprint density at radius 1 is 1.58 bits per heavy atom. The summed E-state index contributed by atoms with van der Waals surface area (Å²) in [7, 11) is 0. The monoisotopic (exact) mass is 169 g/mol. The fourth-order valence-corrected chi connectivity index (χ4v) is 2.05. The first-order chi connectivity index (χ1) is 5.56. The van der Waals surface area contributed by atoms with Gasteiger partial charge in [0, 0.05) is 20.0 Å². The van der Waals surface area contributed by atoms with Crippen LogP contribution in [0.3, 0.4) is 0 Å². The van der Waals surface area contributed by atoms with E-state index in [0.29, 0.717) is 13.1 Å². The van der Waals surface area contributed by atoms with Crippen LogP contribution in [0.5, 0.6) is 0 Å². The van der Waals surface area contributed by atoms with Crippen molar-refractivity contribution in [3.8, 4) is 0 Å². The van der Waals surface area contributed by atoms with E-state index >= 15 is 0 Å². The zero-order valence-electron chi connectivity index (χ0n) is 6.91. The molecule has 4 heteroatoms. The highest BCUT2D eigenvalue weighted by Gasteiger charge is 2.65. The third kappa shape index (κ3) is 0.777. The number of amides is 1. The lowest BCUT2D eigenvalue weighted by atomic mass is 10.1. The summed E-state index contributed by atoms with van der Waals surface area (Å²) in [6.07, 6.45) is 0.756. The lowest BCUT2D eigenvalue weighted by Crippen LogP contribution is -2.31. The number of nitrogens with zero attached hydrogens (tertiary/aromatic N) is 1. The molecule has 1 aliphatic carbocycles. The maximum Gasteiger partial charge on any atom is 0.311 e. The molecule has 66 valence electrons. The summed E-state index contributed by atoms with van der Waals surface area (Å²) in [6, 6.07) is 0. The molecule has 1 saturated carbocycles. The Labute approximate surface area is 70.2 Å². The van der Waals surface area contributed by atoms with Crippen molar-refractivity contribution in [1.29, 1.82) is 0 Å².